The summed E-state index contributed by atoms with van der Waals surface area (Å²) in [5.74, 6) is -1.98. The van der Waals surface area contributed by atoms with Gasteiger partial charge in [-0.15, -0.1) is 0 Å². The molecule has 3 aromatic carbocycles. The molecular weight excluding hydrogens is 462 g/mol. The van der Waals surface area contributed by atoms with E-state index in [1.165, 1.54) is 29.3 Å². The van der Waals surface area contributed by atoms with Gasteiger partial charge in [-0.3, -0.25) is 4.84 Å². The quantitative estimate of drug-likeness (QED) is 0.424. The van der Waals surface area contributed by atoms with Gasteiger partial charge in [0.05, 0.1) is 16.6 Å². The van der Waals surface area contributed by atoms with Crippen LogP contribution in [0.25, 0.3) is 0 Å². The fourth-order valence-corrected chi connectivity index (χ4v) is 4.14. The molecule has 0 aromatic heterocycles. The maximum absolute atomic E-state index is 14.5. The lowest BCUT2D eigenvalue weighted by atomic mass is 9.85. The third-order valence-electron chi connectivity index (χ3n) is 5.67. The minimum atomic E-state index is -4.85. The molecule has 3 aromatic rings. The smallest absolute Gasteiger partial charge is 0.423 e. The van der Waals surface area contributed by atoms with Gasteiger partial charge in [0, 0.05) is 13.0 Å². The fourth-order valence-electron chi connectivity index (χ4n) is 3.96. The van der Waals surface area contributed by atoms with Crippen molar-refractivity contribution in [1.29, 1.82) is 0 Å². The monoisotopic (exact) mass is 479 g/mol. The van der Waals surface area contributed by atoms with Crippen LogP contribution in [0.2, 0.25) is 5.02 Å². The molecular formula is C24H18ClF4NO3. The average molecular weight is 480 g/mol. The van der Waals surface area contributed by atoms with Crippen molar-refractivity contribution in [3.63, 3.8) is 0 Å². The molecule has 1 fully saturated rings. The minimum absolute atomic E-state index is 0.0136. The third kappa shape index (κ3) is 4.46. The molecule has 33 heavy (non-hydrogen) atoms. The van der Waals surface area contributed by atoms with Crippen molar-refractivity contribution in [1.82, 2.24) is 5.06 Å². The first kappa shape index (κ1) is 23.2. The van der Waals surface area contributed by atoms with Crippen molar-refractivity contribution >= 4 is 17.6 Å². The first-order valence-electron chi connectivity index (χ1n) is 9.96. The number of benzene rings is 3. The summed E-state index contributed by atoms with van der Waals surface area (Å²) in [6.07, 6.45) is -5.38. The lowest BCUT2D eigenvalue weighted by molar-refractivity contribution is -0.330. The van der Waals surface area contributed by atoms with Crippen LogP contribution in [0.15, 0.2) is 72.8 Å². The van der Waals surface area contributed by atoms with Crippen LogP contribution in [-0.2, 0) is 17.0 Å². The molecule has 0 aliphatic carbocycles. The van der Waals surface area contributed by atoms with E-state index < -0.39 is 41.0 Å². The molecule has 4 nitrogen and oxygen atoms in total. The number of aromatic carboxylic acids is 1. The second-order valence-corrected chi connectivity index (χ2v) is 8.16. The number of carboxylic acids is 1. The van der Waals surface area contributed by atoms with E-state index in [2.05, 4.69) is 0 Å². The zero-order valence-electron chi connectivity index (χ0n) is 17.0. The van der Waals surface area contributed by atoms with Crippen molar-refractivity contribution in [3.05, 3.63) is 106 Å². The Balaban J connectivity index is 1.80. The second-order valence-electron chi connectivity index (χ2n) is 7.75. The summed E-state index contributed by atoms with van der Waals surface area (Å²) in [5.41, 5.74) is -1.89. The van der Waals surface area contributed by atoms with E-state index in [0.29, 0.717) is 5.56 Å². The predicted molar refractivity (Wildman–Crippen MR) is 113 cm³/mol. The topological polar surface area (TPSA) is 49.8 Å². The first-order valence-corrected chi connectivity index (χ1v) is 10.3. The molecule has 0 amide bonds. The molecule has 1 heterocycles. The largest absolute Gasteiger partial charge is 0.478 e. The molecule has 1 saturated heterocycles. The van der Waals surface area contributed by atoms with Gasteiger partial charge in [-0.25, -0.2) is 9.18 Å². The summed E-state index contributed by atoms with van der Waals surface area (Å²) in [7, 11) is 0. The lowest BCUT2D eigenvalue weighted by Crippen LogP contribution is -2.43. The zero-order chi connectivity index (χ0) is 23.8. The van der Waals surface area contributed by atoms with Gasteiger partial charge in [-0.05, 0) is 41.0 Å². The Labute approximate surface area is 191 Å². The Morgan fingerprint density at radius 1 is 1.09 bits per heavy atom. The Morgan fingerprint density at radius 2 is 1.76 bits per heavy atom. The van der Waals surface area contributed by atoms with Crippen LogP contribution in [0, 0.1) is 5.82 Å². The van der Waals surface area contributed by atoms with Gasteiger partial charge < -0.3 is 5.11 Å². The summed E-state index contributed by atoms with van der Waals surface area (Å²) < 4.78 is 57.3. The van der Waals surface area contributed by atoms with E-state index in [1.54, 1.807) is 30.3 Å². The number of hydrogen-bond donors (Lipinski definition) is 1. The van der Waals surface area contributed by atoms with E-state index in [1.807, 2.05) is 0 Å². The van der Waals surface area contributed by atoms with Crippen molar-refractivity contribution < 1.29 is 32.3 Å². The molecule has 2 atom stereocenters. The van der Waals surface area contributed by atoms with Crippen LogP contribution in [0.3, 0.4) is 0 Å². The first-order chi connectivity index (χ1) is 15.6. The molecule has 9 heteroatoms. The number of carboxylic acid groups (broad SMARTS) is 1. The number of halogens is 5. The van der Waals surface area contributed by atoms with Crippen LogP contribution in [0.1, 0.15) is 39.5 Å². The van der Waals surface area contributed by atoms with Crippen molar-refractivity contribution in [2.75, 3.05) is 0 Å². The van der Waals surface area contributed by atoms with Crippen molar-refractivity contribution in [2.24, 2.45) is 0 Å². The van der Waals surface area contributed by atoms with Crippen molar-refractivity contribution in [2.45, 2.75) is 30.8 Å². The van der Waals surface area contributed by atoms with Crippen LogP contribution in [0.5, 0.6) is 0 Å². The molecule has 1 N–H and O–H groups in total. The normalized spacial score (nSPS) is 21.3. The minimum Gasteiger partial charge on any atom is -0.478 e. The molecule has 2 unspecified atom stereocenters. The Bertz CT molecular complexity index is 1150. The maximum Gasteiger partial charge on any atom is 0.423 e. The van der Waals surface area contributed by atoms with Gasteiger partial charge in [0.2, 0.25) is 5.60 Å². The van der Waals surface area contributed by atoms with Crippen LogP contribution in [0.4, 0.5) is 17.6 Å². The van der Waals surface area contributed by atoms with E-state index in [0.717, 1.165) is 23.8 Å². The Kier molecular flexibility index (Phi) is 6.18. The van der Waals surface area contributed by atoms with Crippen molar-refractivity contribution in [3.8, 4) is 0 Å². The number of nitrogens with zero attached hydrogens (tertiary/aromatic N) is 1. The molecule has 0 spiro atoms. The average Bonchev–Trinajstić information content (AvgIpc) is 3.17. The van der Waals surface area contributed by atoms with E-state index in [-0.39, 0.29) is 17.7 Å². The van der Waals surface area contributed by atoms with E-state index in [9.17, 15) is 22.4 Å². The SMILES string of the molecule is O=C(O)c1ccc(C2CC(c3ccc(F)c(Cl)c3)(C(F)(F)F)ON2Cc2ccccc2)cc1. The van der Waals surface area contributed by atoms with Gasteiger partial charge >= 0.3 is 12.1 Å². The molecule has 172 valence electrons. The number of carbonyl (C=O) groups is 1. The van der Waals surface area contributed by atoms with Gasteiger partial charge in [0.1, 0.15) is 5.82 Å². The maximum atomic E-state index is 14.5. The number of rotatable bonds is 5. The highest BCUT2D eigenvalue weighted by molar-refractivity contribution is 6.30. The summed E-state index contributed by atoms with van der Waals surface area (Å²) in [5, 5.41) is 9.94. The highest BCUT2D eigenvalue weighted by Gasteiger charge is 2.64. The molecule has 1 aliphatic heterocycles. The Morgan fingerprint density at radius 3 is 2.33 bits per heavy atom. The third-order valence-corrected chi connectivity index (χ3v) is 5.96. The van der Waals surface area contributed by atoms with E-state index in [4.69, 9.17) is 21.5 Å². The molecule has 0 radical (unpaired) electrons. The lowest BCUT2D eigenvalue weighted by Gasteiger charge is -2.31. The standard InChI is InChI=1S/C24H18ClF4NO3/c25-19-12-18(10-11-20(19)26)23(24(27,28)29)13-21(16-6-8-17(9-7-16)22(31)32)30(33-23)14-15-4-2-1-3-5-15/h1-12,21H,13-14H2,(H,31,32). The summed E-state index contributed by atoms with van der Waals surface area (Å²) in [6, 6.07) is 16.4. The highest BCUT2D eigenvalue weighted by atomic mass is 35.5. The second kappa shape index (κ2) is 8.78. The number of hydrogen-bond acceptors (Lipinski definition) is 3. The fraction of sp³-hybridized carbons (Fsp3) is 0.208. The predicted octanol–water partition coefficient (Wildman–Crippen LogP) is 6.51. The van der Waals surface area contributed by atoms with Crippen LogP contribution in [-0.4, -0.2) is 22.3 Å². The van der Waals surface area contributed by atoms with Crippen LogP contribution >= 0.6 is 11.6 Å². The van der Waals surface area contributed by atoms with Gasteiger partial charge in [-0.2, -0.15) is 18.2 Å². The van der Waals surface area contributed by atoms with E-state index >= 15 is 0 Å². The van der Waals surface area contributed by atoms with Gasteiger partial charge in [0.25, 0.3) is 0 Å². The molecule has 4 rings (SSSR count). The molecule has 0 saturated carbocycles. The zero-order valence-corrected chi connectivity index (χ0v) is 17.8. The molecule has 0 bridgehead atoms. The highest BCUT2D eigenvalue weighted by Crippen LogP contribution is 2.55. The number of alkyl halides is 3. The van der Waals surface area contributed by atoms with Gasteiger partial charge in [0.15, 0.2) is 0 Å². The summed E-state index contributed by atoms with van der Waals surface area (Å²) >= 11 is 5.80. The Hall–Kier alpha value is -2.94. The number of hydroxylamine groups is 2. The molecule has 1 aliphatic rings. The summed E-state index contributed by atoms with van der Waals surface area (Å²) in [4.78, 5) is 16.8. The van der Waals surface area contributed by atoms with Crippen LogP contribution < -0.4 is 0 Å². The summed E-state index contributed by atoms with van der Waals surface area (Å²) in [6.45, 7) is 0.0406. The van der Waals surface area contributed by atoms with Gasteiger partial charge in [-0.1, -0.05) is 60.1 Å².